The van der Waals surface area contributed by atoms with E-state index in [-0.39, 0.29) is 5.41 Å². The molecule has 0 N–H and O–H groups in total. The second-order valence-corrected chi connectivity index (χ2v) is 14.1. The molecule has 0 spiro atoms. The second kappa shape index (κ2) is 10.9. The number of pyridine rings is 1. The Balaban J connectivity index is 0.959. The summed E-state index contributed by atoms with van der Waals surface area (Å²) in [6, 6.07) is 58.1. The van der Waals surface area contributed by atoms with Crippen LogP contribution in [0.2, 0.25) is 0 Å². The molecule has 0 saturated carbocycles. The molecule has 1 aliphatic carbocycles. The molecule has 2 heteroatoms. The highest BCUT2D eigenvalue weighted by molar-refractivity contribution is 6.09. The van der Waals surface area contributed by atoms with Crippen LogP contribution >= 0.6 is 0 Å². The lowest BCUT2D eigenvalue weighted by Gasteiger charge is -2.22. The zero-order chi connectivity index (χ0) is 33.4. The number of benzene rings is 7. The molecular weight excluding hydrogens is 605 g/mol. The summed E-state index contributed by atoms with van der Waals surface area (Å²) in [7, 11) is 0. The number of para-hydroxylation sites is 2. The van der Waals surface area contributed by atoms with Crippen molar-refractivity contribution in [2.75, 3.05) is 0 Å². The quantitative estimate of drug-likeness (QED) is 0.188. The van der Waals surface area contributed by atoms with Gasteiger partial charge in [0.1, 0.15) is 0 Å². The molecule has 10 rings (SSSR count). The van der Waals surface area contributed by atoms with E-state index >= 15 is 0 Å². The van der Waals surface area contributed by atoms with Gasteiger partial charge in [0.05, 0.1) is 11.0 Å². The molecule has 0 fully saturated rings. The van der Waals surface area contributed by atoms with Crippen molar-refractivity contribution in [3.63, 3.8) is 0 Å². The highest BCUT2D eigenvalue weighted by Gasteiger charge is 2.35. The van der Waals surface area contributed by atoms with E-state index in [2.05, 4.69) is 181 Å². The van der Waals surface area contributed by atoms with Gasteiger partial charge in [-0.25, -0.2) is 0 Å². The molecule has 0 bridgehead atoms. The van der Waals surface area contributed by atoms with E-state index in [1.807, 2.05) is 12.4 Å². The molecule has 0 radical (unpaired) electrons. The van der Waals surface area contributed by atoms with Crippen LogP contribution in [0.5, 0.6) is 0 Å². The molecule has 2 heterocycles. The van der Waals surface area contributed by atoms with E-state index in [9.17, 15) is 0 Å². The third-order valence-corrected chi connectivity index (χ3v) is 10.9. The second-order valence-electron chi connectivity index (χ2n) is 14.1. The molecule has 2 nitrogen and oxygen atoms in total. The third kappa shape index (κ3) is 4.38. The molecule has 0 atom stereocenters. The number of fused-ring (bicyclic) bond motifs is 7. The van der Waals surface area contributed by atoms with Gasteiger partial charge >= 0.3 is 0 Å². The van der Waals surface area contributed by atoms with Gasteiger partial charge in [0.25, 0.3) is 0 Å². The van der Waals surface area contributed by atoms with E-state index in [0.717, 1.165) is 5.39 Å². The lowest BCUT2D eigenvalue weighted by atomic mass is 9.81. The topological polar surface area (TPSA) is 17.8 Å². The maximum Gasteiger partial charge on any atom is 0.0541 e. The fraction of sp³-hybridized carbons (Fsp3) is 0.0625. The highest BCUT2D eigenvalue weighted by Crippen LogP contribution is 2.50. The SMILES string of the molecule is CC1(C)c2cc(-c3ccc(-c4ccc5cnccc5c4)cc3)ccc2-c2ccc(-c3ccc(-n4c5ccccc5c5ccccc54)cc3)cc21. The smallest absolute Gasteiger partial charge is 0.0541 e. The largest absolute Gasteiger partial charge is 0.309 e. The van der Waals surface area contributed by atoms with Gasteiger partial charge in [-0.15, -0.1) is 0 Å². The van der Waals surface area contributed by atoms with Gasteiger partial charge in [-0.1, -0.05) is 123 Å². The van der Waals surface area contributed by atoms with Gasteiger partial charge in [0.15, 0.2) is 0 Å². The Bertz CT molecular complexity index is 2710. The zero-order valence-corrected chi connectivity index (χ0v) is 28.1. The summed E-state index contributed by atoms with van der Waals surface area (Å²) in [6.45, 7) is 4.74. The predicted molar refractivity (Wildman–Crippen MR) is 210 cm³/mol. The Kier molecular flexibility index (Phi) is 6.25. The van der Waals surface area contributed by atoms with Crippen LogP contribution in [0.15, 0.2) is 170 Å². The summed E-state index contributed by atoms with van der Waals surface area (Å²) in [5.74, 6) is 0. The van der Waals surface area contributed by atoms with E-state index in [1.165, 1.54) is 88.5 Å². The van der Waals surface area contributed by atoms with Crippen molar-refractivity contribution in [2.24, 2.45) is 0 Å². The summed E-state index contributed by atoms with van der Waals surface area (Å²) < 4.78 is 2.38. The van der Waals surface area contributed by atoms with Gasteiger partial charge in [0, 0.05) is 39.7 Å². The summed E-state index contributed by atoms with van der Waals surface area (Å²) >= 11 is 0. The first-order valence-electron chi connectivity index (χ1n) is 17.4. The van der Waals surface area contributed by atoms with Gasteiger partial charge in [-0.2, -0.15) is 0 Å². The van der Waals surface area contributed by atoms with E-state index in [4.69, 9.17) is 0 Å². The first kappa shape index (κ1) is 28.7. The molecule has 2 aromatic heterocycles. The van der Waals surface area contributed by atoms with Crippen LogP contribution in [0.4, 0.5) is 0 Å². The minimum absolute atomic E-state index is 0.112. The first-order valence-corrected chi connectivity index (χ1v) is 17.4. The Morgan fingerprint density at radius 3 is 1.50 bits per heavy atom. The van der Waals surface area contributed by atoms with Crippen LogP contribution in [0.3, 0.4) is 0 Å². The maximum atomic E-state index is 4.25. The Labute approximate surface area is 291 Å². The maximum absolute atomic E-state index is 4.25. The minimum Gasteiger partial charge on any atom is -0.309 e. The monoisotopic (exact) mass is 638 g/mol. The summed E-state index contributed by atoms with van der Waals surface area (Å²) in [5, 5.41) is 4.94. The van der Waals surface area contributed by atoms with Crippen LogP contribution in [0.25, 0.3) is 82.8 Å². The van der Waals surface area contributed by atoms with Crippen molar-refractivity contribution in [3.05, 3.63) is 181 Å². The van der Waals surface area contributed by atoms with Crippen LogP contribution in [-0.4, -0.2) is 9.55 Å². The number of rotatable bonds is 4. The Morgan fingerprint density at radius 1 is 0.440 bits per heavy atom. The lowest BCUT2D eigenvalue weighted by Crippen LogP contribution is -2.15. The number of hydrogen-bond acceptors (Lipinski definition) is 1. The Morgan fingerprint density at radius 2 is 0.920 bits per heavy atom. The van der Waals surface area contributed by atoms with Crippen LogP contribution in [0.1, 0.15) is 25.0 Å². The Hall–Kier alpha value is -6.25. The van der Waals surface area contributed by atoms with Crippen molar-refractivity contribution in [1.29, 1.82) is 0 Å². The van der Waals surface area contributed by atoms with Gasteiger partial charge in [-0.3, -0.25) is 4.98 Å². The molecule has 0 amide bonds. The zero-order valence-electron chi connectivity index (χ0n) is 28.1. The van der Waals surface area contributed by atoms with Gasteiger partial charge in [0.2, 0.25) is 0 Å². The van der Waals surface area contributed by atoms with Crippen molar-refractivity contribution in [3.8, 4) is 50.2 Å². The van der Waals surface area contributed by atoms with E-state index in [0.29, 0.717) is 0 Å². The van der Waals surface area contributed by atoms with Crippen LogP contribution < -0.4 is 0 Å². The van der Waals surface area contributed by atoms with Gasteiger partial charge in [-0.05, 0) is 110 Å². The summed E-state index contributed by atoms with van der Waals surface area (Å²) in [4.78, 5) is 4.25. The first-order chi connectivity index (χ1) is 24.5. The van der Waals surface area contributed by atoms with Crippen molar-refractivity contribution in [2.45, 2.75) is 19.3 Å². The van der Waals surface area contributed by atoms with Crippen LogP contribution in [0, 0.1) is 0 Å². The fourth-order valence-electron chi connectivity index (χ4n) is 8.22. The lowest BCUT2D eigenvalue weighted by molar-refractivity contribution is 0.661. The van der Waals surface area contributed by atoms with Crippen LogP contribution in [-0.2, 0) is 5.41 Å². The average Bonchev–Trinajstić information content (AvgIpc) is 3.63. The number of nitrogens with zero attached hydrogens (tertiary/aromatic N) is 2. The minimum atomic E-state index is -0.112. The van der Waals surface area contributed by atoms with Crippen molar-refractivity contribution >= 4 is 32.6 Å². The molecule has 0 aliphatic heterocycles. The normalized spacial score (nSPS) is 13.2. The molecule has 7 aromatic carbocycles. The molecule has 50 heavy (non-hydrogen) atoms. The highest BCUT2D eigenvalue weighted by atomic mass is 15.0. The number of hydrogen-bond donors (Lipinski definition) is 0. The molecule has 0 unspecified atom stereocenters. The summed E-state index contributed by atoms with van der Waals surface area (Å²) in [6.07, 6.45) is 3.77. The third-order valence-electron chi connectivity index (χ3n) is 10.9. The van der Waals surface area contributed by atoms with E-state index < -0.39 is 0 Å². The van der Waals surface area contributed by atoms with E-state index in [1.54, 1.807) is 0 Å². The van der Waals surface area contributed by atoms with Crippen molar-refractivity contribution in [1.82, 2.24) is 9.55 Å². The van der Waals surface area contributed by atoms with Gasteiger partial charge < -0.3 is 4.57 Å². The summed E-state index contributed by atoms with van der Waals surface area (Å²) in [5.41, 5.74) is 16.4. The molecule has 9 aromatic rings. The number of aromatic nitrogens is 2. The fourth-order valence-corrected chi connectivity index (χ4v) is 8.22. The molecule has 0 saturated heterocycles. The van der Waals surface area contributed by atoms with Crippen molar-refractivity contribution < 1.29 is 0 Å². The predicted octanol–water partition coefficient (Wildman–Crippen LogP) is 12.6. The molecular formula is C48H34N2. The average molecular weight is 639 g/mol. The standard InChI is InChI=1S/C48H34N2/c1-48(2)44-28-35(32-13-11-31(12-14-32)34-15-16-38-30-49-26-25-37(38)27-34)19-23-40(44)41-24-20-36(29-45(41)48)33-17-21-39(22-18-33)50-46-9-5-3-7-42(46)43-8-4-6-10-47(43)50/h3-30H,1-2H3. The molecule has 1 aliphatic rings. The molecule has 236 valence electrons.